The Bertz CT molecular complexity index is 745. The van der Waals surface area contributed by atoms with Gasteiger partial charge in [-0.25, -0.2) is 4.79 Å². The molecule has 1 amide bonds. The molecule has 1 aliphatic heterocycles. The first-order valence-electron chi connectivity index (χ1n) is 7.52. The van der Waals surface area contributed by atoms with Crippen LogP contribution in [-0.2, 0) is 9.59 Å². The van der Waals surface area contributed by atoms with Crippen molar-refractivity contribution < 1.29 is 24.2 Å². The van der Waals surface area contributed by atoms with E-state index < -0.39 is 17.9 Å². The van der Waals surface area contributed by atoms with Crippen LogP contribution in [0.5, 0.6) is 11.5 Å². The van der Waals surface area contributed by atoms with E-state index in [1.807, 2.05) is 0 Å². The number of nitrogens with zero attached hydrogens (tertiary/aromatic N) is 1. The minimum Gasteiger partial charge on any atom is -0.493 e. The van der Waals surface area contributed by atoms with Crippen LogP contribution in [0.3, 0.4) is 0 Å². The van der Waals surface area contributed by atoms with Crippen LogP contribution < -0.4 is 9.47 Å². The van der Waals surface area contributed by atoms with Gasteiger partial charge in [0.25, 0.3) is 5.91 Å². The van der Waals surface area contributed by atoms with Gasteiger partial charge in [-0.1, -0.05) is 43.9 Å². The number of carboxylic acid groups (broad SMARTS) is 1. The fraction of sp³-hybridized carbons (Fsp3) is 0.353. The highest BCUT2D eigenvalue weighted by molar-refractivity contribution is 8.26. The summed E-state index contributed by atoms with van der Waals surface area (Å²) in [4.78, 5) is 25.8. The number of carboxylic acids is 1. The Kier molecular flexibility index (Phi) is 6.07. The number of thiocarbonyl (C=S) groups is 1. The average molecular weight is 381 g/mol. The van der Waals surface area contributed by atoms with Gasteiger partial charge in [0.15, 0.2) is 11.5 Å². The van der Waals surface area contributed by atoms with Crippen LogP contribution in [0.4, 0.5) is 0 Å². The number of benzene rings is 1. The summed E-state index contributed by atoms with van der Waals surface area (Å²) < 4.78 is 10.7. The van der Waals surface area contributed by atoms with E-state index in [0.29, 0.717) is 16.4 Å². The van der Waals surface area contributed by atoms with Gasteiger partial charge in [0, 0.05) is 0 Å². The van der Waals surface area contributed by atoms with Crippen molar-refractivity contribution in [3.05, 3.63) is 28.7 Å². The highest BCUT2D eigenvalue weighted by Crippen LogP contribution is 2.36. The quantitative estimate of drug-likeness (QED) is 0.599. The largest absolute Gasteiger partial charge is 0.493 e. The highest BCUT2D eigenvalue weighted by Gasteiger charge is 2.41. The van der Waals surface area contributed by atoms with Crippen molar-refractivity contribution in [3.63, 3.8) is 0 Å². The molecule has 0 bridgehead atoms. The molecule has 8 heteroatoms. The molecule has 0 spiro atoms. The molecule has 1 aliphatic rings. The van der Waals surface area contributed by atoms with Crippen LogP contribution in [0, 0.1) is 5.92 Å². The molecular formula is C17H19NO5S2. The molecule has 1 fully saturated rings. The second kappa shape index (κ2) is 7.88. The van der Waals surface area contributed by atoms with E-state index in [1.54, 1.807) is 45.2 Å². The lowest BCUT2D eigenvalue weighted by Crippen LogP contribution is -2.47. The third kappa shape index (κ3) is 3.96. The van der Waals surface area contributed by atoms with Crippen LogP contribution in [0.15, 0.2) is 23.1 Å². The maximum absolute atomic E-state index is 12.7. The SMILES string of the molecule is COc1ccc(/C=C2\SC(=S)N([C@@H](C(=O)O)C(C)C)C2=O)cc1OC. The monoisotopic (exact) mass is 381 g/mol. The minimum atomic E-state index is -1.07. The minimum absolute atomic E-state index is 0.248. The molecule has 1 atom stereocenters. The number of aliphatic carboxylic acids is 1. The lowest BCUT2D eigenvalue weighted by Gasteiger charge is -2.26. The zero-order chi connectivity index (χ0) is 18.7. The Balaban J connectivity index is 2.36. The number of hydrogen-bond acceptors (Lipinski definition) is 6. The first kappa shape index (κ1) is 19.3. The number of amides is 1. The summed E-state index contributed by atoms with van der Waals surface area (Å²) in [5, 5.41) is 9.43. The fourth-order valence-electron chi connectivity index (χ4n) is 2.51. The molecular weight excluding hydrogens is 362 g/mol. The zero-order valence-corrected chi connectivity index (χ0v) is 15.9. The van der Waals surface area contributed by atoms with Gasteiger partial charge in [-0.3, -0.25) is 9.69 Å². The molecule has 1 aromatic rings. The lowest BCUT2D eigenvalue weighted by molar-refractivity contribution is -0.146. The molecule has 1 heterocycles. The molecule has 0 saturated carbocycles. The lowest BCUT2D eigenvalue weighted by atomic mass is 10.0. The molecule has 1 aromatic carbocycles. The van der Waals surface area contributed by atoms with Crippen LogP contribution >= 0.6 is 24.0 Å². The Morgan fingerprint density at radius 2 is 1.92 bits per heavy atom. The Morgan fingerprint density at radius 3 is 2.44 bits per heavy atom. The molecule has 25 heavy (non-hydrogen) atoms. The number of hydrogen-bond donors (Lipinski definition) is 1. The molecule has 0 radical (unpaired) electrons. The molecule has 1 saturated heterocycles. The van der Waals surface area contributed by atoms with E-state index in [1.165, 1.54) is 12.0 Å². The van der Waals surface area contributed by atoms with Gasteiger partial charge in [0.2, 0.25) is 0 Å². The van der Waals surface area contributed by atoms with Gasteiger partial charge >= 0.3 is 5.97 Å². The number of carbonyl (C=O) groups excluding carboxylic acids is 1. The van der Waals surface area contributed by atoms with Gasteiger partial charge in [-0.2, -0.15) is 0 Å². The van der Waals surface area contributed by atoms with Crippen molar-refractivity contribution in [1.29, 1.82) is 0 Å². The normalized spacial score (nSPS) is 17.3. The summed E-state index contributed by atoms with van der Waals surface area (Å²) in [7, 11) is 3.07. The van der Waals surface area contributed by atoms with Crippen LogP contribution in [0.25, 0.3) is 6.08 Å². The Hall–Kier alpha value is -2.06. The third-order valence-corrected chi connectivity index (χ3v) is 5.02. The van der Waals surface area contributed by atoms with E-state index >= 15 is 0 Å². The molecule has 0 aliphatic carbocycles. The fourth-order valence-corrected chi connectivity index (χ4v) is 3.84. The highest BCUT2D eigenvalue weighted by atomic mass is 32.2. The molecule has 0 unspecified atom stereocenters. The Morgan fingerprint density at radius 1 is 1.28 bits per heavy atom. The summed E-state index contributed by atoms with van der Waals surface area (Å²) in [6, 6.07) is 4.27. The number of methoxy groups -OCH3 is 2. The van der Waals surface area contributed by atoms with Gasteiger partial charge in [0.1, 0.15) is 10.4 Å². The predicted octanol–water partition coefficient (Wildman–Crippen LogP) is 3.01. The van der Waals surface area contributed by atoms with E-state index in [-0.39, 0.29) is 10.2 Å². The number of carbonyl (C=O) groups is 2. The molecule has 2 rings (SSSR count). The Labute approximate surface area is 155 Å². The van der Waals surface area contributed by atoms with Crippen LogP contribution in [0.1, 0.15) is 19.4 Å². The van der Waals surface area contributed by atoms with Crippen molar-refractivity contribution in [3.8, 4) is 11.5 Å². The van der Waals surface area contributed by atoms with E-state index in [2.05, 4.69) is 0 Å². The van der Waals surface area contributed by atoms with Gasteiger partial charge < -0.3 is 14.6 Å². The van der Waals surface area contributed by atoms with Gasteiger partial charge in [-0.15, -0.1) is 0 Å². The summed E-state index contributed by atoms with van der Waals surface area (Å²) >= 11 is 6.33. The van der Waals surface area contributed by atoms with E-state index in [9.17, 15) is 14.7 Å². The second-order valence-electron chi connectivity index (χ2n) is 5.69. The van der Waals surface area contributed by atoms with Gasteiger partial charge in [-0.05, 0) is 29.7 Å². The average Bonchev–Trinajstić information content (AvgIpc) is 2.82. The van der Waals surface area contributed by atoms with Gasteiger partial charge in [0.05, 0.1) is 19.1 Å². The summed E-state index contributed by atoms with van der Waals surface area (Å²) in [5.41, 5.74) is 0.731. The third-order valence-electron chi connectivity index (χ3n) is 3.69. The summed E-state index contributed by atoms with van der Waals surface area (Å²) in [6.45, 7) is 3.49. The van der Waals surface area contributed by atoms with Crippen LogP contribution in [0.2, 0.25) is 0 Å². The molecule has 134 valence electrons. The smallest absolute Gasteiger partial charge is 0.327 e. The van der Waals surface area contributed by atoms with Crippen molar-refractivity contribution in [2.45, 2.75) is 19.9 Å². The van der Waals surface area contributed by atoms with Crippen molar-refractivity contribution in [2.75, 3.05) is 14.2 Å². The van der Waals surface area contributed by atoms with Crippen molar-refractivity contribution >= 4 is 46.3 Å². The number of thioether (sulfide) groups is 1. The summed E-state index contributed by atoms with van der Waals surface area (Å²) in [5.74, 6) is -0.611. The molecule has 6 nitrogen and oxygen atoms in total. The van der Waals surface area contributed by atoms with E-state index in [4.69, 9.17) is 21.7 Å². The topological polar surface area (TPSA) is 76.1 Å². The second-order valence-corrected chi connectivity index (χ2v) is 7.37. The van der Waals surface area contributed by atoms with Crippen molar-refractivity contribution in [2.24, 2.45) is 5.92 Å². The van der Waals surface area contributed by atoms with Crippen LogP contribution in [-0.4, -0.2) is 46.5 Å². The van der Waals surface area contributed by atoms with E-state index in [0.717, 1.165) is 17.3 Å². The molecule has 1 N–H and O–H groups in total. The number of rotatable bonds is 6. The summed E-state index contributed by atoms with van der Waals surface area (Å²) in [6.07, 6.45) is 1.67. The van der Waals surface area contributed by atoms with Crippen molar-refractivity contribution in [1.82, 2.24) is 4.90 Å². The first-order valence-corrected chi connectivity index (χ1v) is 8.74. The predicted molar refractivity (Wildman–Crippen MR) is 101 cm³/mol. The first-order chi connectivity index (χ1) is 11.8. The molecule has 0 aromatic heterocycles. The zero-order valence-electron chi connectivity index (χ0n) is 14.3. The maximum Gasteiger partial charge on any atom is 0.327 e. The maximum atomic E-state index is 12.7. The standard InChI is InChI=1S/C17H19NO5S2/c1-9(2)14(16(20)21)18-15(19)13(25-17(18)24)8-10-5-6-11(22-3)12(7-10)23-4/h5-9,14H,1-4H3,(H,20,21)/b13-8-/t14-/m1/s1. The number of ether oxygens (including phenoxy) is 2.